The second kappa shape index (κ2) is 16.2. The minimum Gasteiger partial charge on any atom is -0.497 e. The van der Waals surface area contributed by atoms with Crippen LogP contribution >= 0.6 is 11.9 Å². The Kier molecular flexibility index (Phi) is 13.1. The van der Waals surface area contributed by atoms with Gasteiger partial charge in [0.1, 0.15) is 11.5 Å². The number of ether oxygens (including phenoxy) is 3. The van der Waals surface area contributed by atoms with Crippen LogP contribution in [0.5, 0.6) is 5.75 Å². The summed E-state index contributed by atoms with van der Waals surface area (Å²) in [4.78, 5) is 13.0. The molecule has 1 saturated heterocycles. The summed E-state index contributed by atoms with van der Waals surface area (Å²) >= 11 is 1.60. The molecule has 1 heterocycles. The fraction of sp³-hybridized carbons (Fsp3) is 0.581. The minimum absolute atomic E-state index is 0.194. The summed E-state index contributed by atoms with van der Waals surface area (Å²) in [6, 6.07) is 17.2. The number of rotatable bonds is 12. The number of carbonyl (C=O) groups excluding carboxylic acids is 1. The highest BCUT2D eigenvalue weighted by atomic mass is 32.2. The van der Waals surface area contributed by atoms with Crippen LogP contribution in [0.15, 0.2) is 59.5 Å². The normalized spacial score (nSPS) is 22.0. The summed E-state index contributed by atoms with van der Waals surface area (Å²) in [5, 5.41) is 13.9. The first kappa shape index (κ1) is 32.2. The maximum Gasteiger partial charge on any atom is 0.407 e. The zero-order valence-electron chi connectivity index (χ0n) is 24.4. The predicted molar refractivity (Wildman–Crippen MR) is 160 cm³/mol. The van der Waals surface area contributed by atoms with Crippen LogP contribution in [0.3, 0.4) is 0 Å². The molecule has 1 aliphatic carbocycles. The standard InChI is InChI=1S/C24H34N2O4S.C7H13NO/c1-5-18(2)16-26(31-21-13-11-20(29-3)12-14-21)17-23(27)22(25-24(28)30-4)15-19-9-7-6-8-10-19;8-7-4-1-2-6(7)3-5-9-7/h6-14,18,22-23,27H,5,15-17H2,1-4H3,(H,25,28);6H,1-5,8H2. The van der Waals surface area contributed by atoms with Crippen molar-refractivity contribution in [3.05, 3.63) is 60.2 Å². The number of aliphatic hydroxyl groups excluding tert-OH is 1. The first-order valence-electron chi connectivity index (χ1n) is 14.3. The van der Waals surface area contributed by atoms with Gasteiger partial charge in [0.2, 0.25) is 0 Å². The molecule has 1 saturated carbocycles. The number of hydrogen-bond acceptors (Lipinski definition) is 8. The Morgan fingerprint density at radius 1 is 1.18 bits per heavy atom. The molecule has 8 nitrogen and oxygen atoms in total. The van der Waals surface area contributed by atoms with Crippen molar-refractivity contribution in [1.29, 1.82) is 0 Å². The van der Waals surface area contributed by atoms with Gasteiger partial charge in [-0.05, 0) is 79.8 Å². The van der Waals surface area contributed by atoms with Gasteiger partial charge in [0, 0.05) is 30.5 Å². The van der Waals surface area contributed by atoms with Crippen molar-refractivity contribution in [1.82, 2.24) is 9.62 Å². The van der Waals surface area contributed by atoms with Gasteiger partial charge in [0.05, 0.1) is 26.4 Å². The van der Waals surface area contributed by atoms with Gasteiger partial charge in [0.25, 0.3) is 0 Å². The first-order valence-corrected chi connectivity index (χ1v) is 15.1. The zero-order chi connectivity index (χ0) is 29.0. The number of aliphatic hydroxyl groups is 1. The van der Waals surface area contributed by atoms with E-state index in [0.29, 0.717) is 24.8 Å². The molecule has 0 aromatic heterocycles. The molecule has 0 spiro atoms. The molecule has 5 atom stereocenters. The van der Waals surface area contributed by atoms with Crippen molar-refractivity contribution in [2.24, 2.45) is 17.6 Å². The second-order valence-corrected chi connectivity index (χ2v) is 12.0. The number of nitrogens with zero attached hydrogens (tertiary/aromatic N) is 1. The first-order chi connectivity index (χ1) is 19.3. The van der Waals surface area contributed by atoms with Crippen molar-refractivity contribution in [3.8, 4) is 5.75 Å². The highest BCUT2D eigenvalue weighted by molar-refractivity contribution is 7.97. The van der Waals surface area contributed by atoms with Crippen LogP contribution in [0.4, 0.5) is 4.79 Å². The monoisotopic (exact) mass is 573 g/mol. The predicted octanol–water partition coefficient (Wildman–Crippen LogP) is 5.24. The number of nitrogens with two attached hydrogens (primary N) is 1. The number of fused-ring (bicyclic) bond motifs is 1. The molecule has 4 N–H and O–H groups in total. The lowest BCUT2D eigenvalue weighted by atomic mass is 10.0. The third kappa shape index (κ3) is 9.96. The number of alkyl carbamates (subject to hydrolysis) is 1. The quantitative estimate of drug-likeness (QED) is 0.296. The van der Waals surface area contributed by atoms with E-state index >= 15 is 0 Å². The third-order valence-electron chi connectivity index (χ3n) is 7.80. The number of amides is 1. The van der Waals surface area contributed by atoms with E-state index in [1.54, 1.807) is 19.1 Å². The summed E-state index contributed by atoms with van der Waals surface area (Å²) in [5.41, 5.74) is 6.79. The molecule has 5 unspecified atom stereocenters. The van der Waals surface area contributed by atoms with E-state index in [2.05, 4.69) is 23.5 Å². The smallest absolute Gasteiger partial charge is 0.407 e. The van der Waals surface area contributed by atoms with Crippen LogP contribution in [-0.4, -0.2) is 67.3 Å². The van der Waals surface area contributed by atoms with Crippen molar-refractivity contribution in [2.45, 2.75) is 75.1 Å². The number of carbonyl (C=O) groups is 1. The highest BCUT2D eigenvalue weighted by Crippen LogP contribution is 2.41. The Bertz CT molecular complexity index is 1000. The maximum absolute atomic E-state index is 11.9. The molecule has 222 valence electrons. The molecule has 2 aromatic carbocycles. The Morgan fingerprint density at radius 3 is 2.52 bits per heavy atom. The topological polar surface area (TPSA) is 106 Å². The van der Waals surface area contributed by atoms with E-state index in [-0.39, 0.29) is 5.72 Å². The molecule has 0 radical (unpaired) electrons. The zero-order valence-corrected chi connectivity index (χ0v) is 25.2. The van der Waals surface area contributed by atoms with Crippen molar-refractivity contribution < 1.29 is 24.1 Å². The van der Waals surface area contributed by atoms with Crippen LogP contribution in [0.2, 0.25) is 0 Å². The second-order valence-electron chi connectivity index (χ2n) is 10.8. The van der Waals surface area contributed by atoms with Gasteiger partial charge in [-0.25, -0.2) is 9.10 Å². The molecule has 40 heavy (non-hydrogen) atoms. The summed E-state index contributed by atoms with van der Waals surface area (Å²) in [7, 11) is 2.98. The lowest BCUT2D eigenvalue weighted by Crippen LogP contribution is -2.49. The molecular weight excluding hydrogens is 526 g/mol. The summed E-state index contributed by atoms with van der Waals surface area (Å²) in [6.45, 7) is 6.47. The molecule has 2 aliphatic rings. The van der Waals surface area contributed by atoms with Gasteiger partial charge in [-0.2, -0.15) is 0 Å². The molecular formula is C31H47N3O5S. The van der Waals surface area contributed by atoms with Crippen molar-refractivity contribution >= 4 is 18.0 Å². The van der Waals surface area contributed by atoms with Crippen LogP contribution in [0.25, 0.3) is 0 Å². The summed E-state index contributed by atoms with van der Waals surface area (Å²) in [5.74, 6) is 1.96. The summed E-state index contributed by atoms with van der Waals surface area (Å²) in [6.07, 6.45) is 5.07. The van der Waals surface area contributed by atoms with E-state index < -0.39 is 18.2 Å². The maximum atomic E-state index is 11.9. The Labute approximate surface area is 244 Å². The van der Waals surface area contributed by atoms with Gasteiger partial charge in [-0.1, -0.05) is 50.6 Å². The van der Waals surface area contributed by atoms with Crippen LogP contribution in [0.1, 0.15) is 51.5 Å². The third-order valence-corrected chi connectivity index (χ3v) is 8.84. The molecule has 2 fully saturated rings. The van der Waals surface area contributed by atoms with E-state index in [4.69, 9.17) is 19.9 Å². The van der Waals surface area contributed by atoms with Crippen LogP contribution in [0, 0.1) is 11.8 Å². The summed E-state index contributed by atoms with van der Waals surface area (Å²) < 4.78 is 17.6. The molecule has 2 aromatic rings. The number of benzene rings is 2. The lowest BCUT2D eigenvalue weighted by Gasteiger charge is -2.30. The van der Waals surface area contributed by atoms with E-state index in [1.165, 1.54) is 26.4 Å². The van der Waals surface area contributed by atoms with Crippen molar-refractivity contribution in [2.75, 3.05) is 33.9 Å². The molecule has 4 rings (SSSR count). The Morgan fingerprint density at radius 2 is 1.90 bits per heavy atom. The lowest BCUT2D eigenvalue weighted by molar-refractivity contribution is -0.00257. The Balaban J connectivity index is 0.000000407. The molecule has 9 heteroatoms. The molecule has 1 amide bonds. The fourth-order valence-electron chi connectivity index (χ4n) is 5.15. The van der Waals surface area contributed by atoms with Gasteiger partial charge in [0.15, 0.2) is 0 Å². The van der Waals surface area contributed by atoms with E-state index in [1.807, 2.05) is 54.6 Å². The Hall–Kier alpha value is -2.30. The number of methoxy groups -OCH3 is 2. The van der Waals surface area contributed by atoms with Gasteiger partial charge in [-0.3, -0.25) is 0 Å². The average Bonchev–Trinajstić information content (AvgIpc) is 3.51. The van der Waals surface area contributed by atoms with Gasteiger partial charge in [-0.15, -0.1) is 0 Å². The van der Waals surface area contributed by atoms with Gasteiger partial charge >= 0.3 is 6.09 Å². The largest absolute Gasteiger partial charge is 0.497 e. The fourth-order valence-corrected chi connectivity index (χ4v) is 6.26. The number of nitrogens with one attached hydrogen (secondary N) is 1. The van der Waals surface area contributed by atoms with Gasteiger partial charge < -0.3 is 30.4 Å². The van der Waals surface area contributed by atoms with E-state index in [0.717, 1.165) is 42.2 Å². The average molecular weight is 574 g/mol. The van der Waals surface area contributed by atoms with E-state index in [9.17, 15) is 9.90 Å². The highest BCUT2D eigenvalue weighted by Gasteiger charge is 2.44. The minimum atomic E-state index is -0.769. The number of hydrogen-bond donors (Lipinski definition) is 3. The van der Waals surface area contributed by atoms with Crippen molar-refractivity contribution in [3.63, 3.8) is 0 Å². The van der Waals surface area contributed by atoms with Crippen LogP contribution in [-0.2, 0) is 15.9 Å². The molecule has 1 aliphatic heterocycles. The SMILES string of the molecule is CCC(C)CN(CC(O)C(Cc1ccccc1)NC(=O)OC)Sc1ccc(OC)cc1.NC12CCCC1CCO2. The molecule has 0 bridgehead atoms. The van der Waals surface area contributed by atoms with Crippen LogP contribution < -0.4 is 15.8 Å².